The highest BCUT2D eigenvalue weighted by Gasteiger charge is 2.24. The standard InChI is InChI=1S/C12H19F2N3O/c13-12(14)17-7-5-15-11(17)9-16-6-2-1-3-10(16)4-8-18/h5,7,10,12,18H,1-4,6,8-9H2. The van der Waals surface area contributed by atoms with Gasteiger partial charge in [-0.1, -0.05) is 6.42 Å². The van der Waals surface area contributed by atoms with E-state index < -0.39 is 6.55 Å². The third kappa shape index (κ3) is 3.05. The van der Waals surface area contributed by atoms with Crippen LogP contribution >= 0.6 is 0 Å². The van der Waals surface area contributed by atoms with E-state index in [-0.39, 0.29) is 12.6 Å². The Morgan fingerprint density at radius 3 is 3.00 bits per heavy atom. The first kappa shape index (κ1) is 13.4. The highest BCUT2D eigenvalue weighted by molar-refractivity contribution is 4.94. The first-order valence-corrected chi connectivity index (χ1v) is 6.37. The normalized spacial score (nSPS) is 21.7. The second-order valence-electron chi connectivity index (χ2n) is 4.66. The van der Waals surface area contributed by atoms with Crippen LogP contribution in [0.15, 0.2) is 12.4 Å². The lowest BCUT2D eigenvalue weighted by atomic mass is 10.00. The minimum absolute atomic E-state index is 0.143. The molecule has 2 heterocycles. The number of aromatic nitrogens is 2. The molecule has 1 N–H and O–H groups in total. The number of aliphatic hydroxyl groups is 1. The molecule has 1 atom stereocenters. The fourth-order valence-electron chi connectivity index (χ4n) is 2.57. The number of rotatable bonds is 5. The van der Waals surface area contributed by atoms with Gasteiger partial charge in [0.1, 0.15) is 5.82 Å². The number of piperidine rings is 1. The summed E-state index contributed by atoms with van der Waals surface area (Å²) in [5, 5.41) is 9.04. The molecule has 1 aromatic heterocycles. The number of alkyl halides is 2. The third-order valence-corrected chi connectivity index (χ3v) is 3.52. The molecule has 0 aromatic carbocycles. The average Bonchev–Trinajstić information content (AvgIpc) is 2.80. The maximum atomic E-state index is 12.7. The van der Waals surface area contributed by atoms with Crippen molar-refractivity contribution in [1.29, 1.82) is 0 Å². The van der Waals surface area contributed by atoms with Crippen LogP contribution in [0, 0.1) is 0 Å². The summed E-state index contributed by atoms with van der Waals surface area (Å²) in [7, 11) is 0. The van der Waals surface area contributed by atoms with Crippen molar-refractivity contribution >= 4 is 0 Å². The van der Waals surface area contributed by atoms with E-state index in [1.54, 1.807) is 0 Å². The highest BCUT2D eigenvalue weighted by Crippen LogP contribution is 2.22. The van der Waals surface area contributed by atoms with Crippen LogP contribution in [-0.2, 0) is 6.54 Å². The van der Waals surface area contributed by atoms with Gasteiger partial charge in [0.15, 0.2) is 0 Å². The maximum Gasteiger partial charge on any atom is 0.319 e. The zero-order chi connectivity index (χ0) is 13.0. The van der Waals surface area contributed by atoms with Crippen LogP contribution in [0.3, 0.4) is 0 Å². The average molecular weight is 259 g/mol. The van der Waals surface area contributed by atoms with Gasteiger partial charge in [-0.2, -0.15) is 8.78 Å². The smallest absolute Gasteiger partial charge is 0.319 e. The van der Waals surface area contributed by atoms with Crippen molar-refractivity contribution in [1.82, 2.24) is 14.5 Å². The molecule has 0 aliphatic carbocycles. The number of halogens is 2. The molecule has 6 heteroatoms. The third-order valence-electron chi connectivity index (χ3n) is 3.52. The summed E-state index contributed by atoms with van der Waals surface area (Å²) in [5.41, 5.74) is 0. The molecule has 2 rings (SSSR count). The molecule has 0 saturated carbocycles. The maximum absolute atomic E-state index is 12.7. The summed E-state index contributed by atoms with van der Waals surface area (Å²) in [6, 6.07) is 0.284. The molecule has 1 aliphatic rings. The van der Waals surface area contributed by atoms with Crippen LogP contribution in [0.1, 0.15) is 38.1 Å². The van der Waals surface area contributed by atoms with E-state index in [1.165, 1.54) is 12.4 Å². The van der Waals surface area contributed by atoms with Crippen LogP contribution in [-0.4, -0.2) is 38.8 Å². The Morgan fingerprint density at radius 2 is 2.28 bits per heavy atom. The van der Waals surface area contributed by atoms with Crippen molar-refractivity contribution in [3.05, 3.63) is 18.2 Å². The fraction of sp³-hybridized carbons (Fsp3) is 0.750. The first-order valence-electron chi connectivity index (χ1n) is 6.37. The Morgan fingerprint density at radius 1 is 1.44 bits per heavy atom. The molecule has 18 heavy (non-hydrogen) atoms. The number of imidazole rings is 1. The van der Waals surface area contributed by atoms with Crippen molar-refractivity contribution in [2.24, 2.45) is 0 Å². The minimum atomic E-state index is -2.54. The molecule has 1 aliphatic heterocycles. The number of hydrogen-bond donors (Lipinski definition) is 1. The van der Waals surface area contributed by atoms with Gasteiger partial charge in [-0.15, -0.1) is 0 Å². The van der Waals surface area contributed by atoms with Gasteiger partial charge in [-0.3, -0.25) is 9.47 Å². The van der Waals surface area contributed by atoms with Crippen LogP contribution in [0.5, 0.6) is 0 Å². The van der Waals surface area contributed by atoms with Gasteiger partial charge in [0, 0.05) is 25.0 Å². The lowest BCUT2D eigenvalue weighted by Gasteiger charge is -2.35. The minimum Gasteiger partial charge on any atom is -0.396 e. The Balaban J connectivity index is 2.03. The summed E-state index contributed by atoms with van der Waals surface area (Å²) < 4.78 is 26.4. The predicted molar refractivity (Wildman–Crippen MR) is 63.2 cm³/mol. The van der Waals surface area contributed by atoms with E-state index in [9.17, 15) is 8.78 Å². The number of aliphatic hydroxyl groups excluding tert-OH is 1. The van der Waals surface area contributed by atoms with E-state index in [0.29, 0.717) is 18.8 Å². The molecule has 4 nitrogen and oxygen atoms in total. The van der Waals surface area contributed by atoms with Gasteiger partial charge in [-0.05, 0) is 25.8 Å². The monoisotopic (exact) mass is 259 g/mol. The molecule has 0 radical (unpaired) electrons. The second kappa shape index (κ2) is 6.24. The quantitative estimate of drug-likeness (QED) is 0.879. The van der Waals surface area contributed by atoms with E-state index in [4.69, 9.17) is 5.11 Å². The van der Waals surface area contributed by atoms with Crippen molar-refractivity contribution in [3.8, 4) is 0 Å². The Bertz CT molecular complexity index is 368. The van der Waals surface area contributed by atoms with Crippen LogP contribution in [0.4, 0.5) is 8.78 Å². The van der Waals surface area contributed by atoms with Crippen LogP contribution in [0.2, 0.25) is 0 Å². The molecule has 0 bridgehead atoms. The van der Waals surface area contributed by atoms with Crippen molar-refractivity contribution in [2.45, 2.75) is 44.8 Å². The summed E-state index contributed by atoms with van der Waals surface area (Å²) in [4.78, 5) is 6.16. The largest absolute Gasteiger partial charge is 0.396 e. The molecule has 0 spiro atoms. The molecule has 102 valence electrons. The van der Waals surface area contributed by atoms with Crippen molar-refractivity contribution < 1.29 is 13.9 Å². The van der Waals surface area contributed by atoms with E-state index in [0.717, 1.165) is 30.4 Å². The van der Waals surface area contributed by atoms with Gasteiger partial charge >= 0.3 is 6.55 Å². The molecule has 1 unspecified atom stereocenters. The topological polar surface area (TPSA) is 41.3 Å². The van der Waals surface area contributed by atoms with Gasteiger partial charge in [0.05, 0.1) is 6.54 Å². The number of nitrogens with zero attached hydrogens (tertiary/aromatic N) is 3. The molecular weight excluding hydrogens is 240 g/mol. The molecule has 1 saturated heterocycles. The van der Waals surface area contributed by atoms with E-state index >= 15 is 0 Å². The summed E-state index contributed by atoms with van der Waals surface area (Å²) in [5.74, 6) is 0.398. The first-order chi connectivity index (χ1) is 8.72. The van der Waals surface area contributed by atoms with Gasteiger partial charge in [0.2, 0.25) is 0 Å². The van der Waals surface area contributed by atoms with E-state index in [1.807, 2.05) is 0 Å². The van der Waals surface area contributed by atoms with Gasteiger partial charge in [0.25, 0.3) is 0 Å². The highest BCUT2D eigenvalue weighted by atomic mass is 19.3. The summed E-state index contributed by atoms with van der Waals surface area (Å²) >= 11 is 0. The number of hydrogen-bond acceptors (Lipinski definition) is 3. The van der Waals surface area contributed by atoms with Gasteiger partial charge in [-0.25, -0.2) is 4.98 Å². The Labute approximate surface area is 105 Å². The lowest BCUT2D eigenvalue weighted by molar-refractivity contribution is 0.0574. The molecular formula is C12H19F2N3O. The fourth-order valence-corrected chi connectivity index (χ4v) is 2.57. The van der Waals surface area contributed by atoms with Crippen LogP contribution in [0.25, 0.3) is 0 Å². The SMILES string of the molecule is OCCC1CCCCN1Cc1nccn1C(F)F. The molecule has 1 fully saturated rings. The van der Waals surface area contributed by atoms with Crippen LogP contribution < -0.4 is 0 Å². The molecule has 1 aromatic rings. The number of likely N-dealkylation sites (tertiary alicyclic amines) is 1. The van der Waals surface area contributed by atoms with Crippen molar-refractivity contribution in [2.75, 3.05) is 13.2 Å². The molecule has 0 amide bonds. The Hall–Kier alpha value is -1.01. The van der Waals surface area contributed by atoms with Crippen molar-refractivity contribution in [3.63, 3.8) is 0 Å². The lowest BCUT2D eigenvalue weighted by Crippen LogP contribution is -2.40. The van der Waals surface area contributed by atoms with E-state index in [2.05, 4.69) is 9.88 Å². The predicted octanol–water partition coefficient (Wildman–Crippen LogP) is 2.02. The Kier molecular flexibility index (Phi) is 4.66. The summed E-state index contributed by atoms with van der Waals surface area (Å²) in [6.07, 6.45) is 6.67. The van der Waals surface area contributed by atoms with Gasteiger partial charge < -0.3 is 5.11 Å². The zero-order valence-electron chi connectivity index (χ0n) is 10.3. The zero-order valence-corrected chi connectivity index (χ0v) is 10.3. The summed E-state index contributed by atoms with van der Waals surface area (Å²) in [6.45, 7) is -1.07. The second-order valence-corrected chi connectivity index (χ2v) is 4.66.